The van der Waals surface area contributed by atoms with Crippen LogP contribution in [0.25, 0.3) is 22.0 Å². The number of hydrogen-bond acceptors (Lipinski definition) is 4. The fraction of sp³-hybridized carbons (Fsp3) is 0.310. The third kappa shape index (κ3) is 3.75. The van der Waals surface area contributed by atoms with Gasteiger partial charge in [0.25, 0.3) is 0 Å². The van der Waals surface area contributed by atoms with E-state index in [4.69, 9.17) is 4.74 Å². The highest BCUT2D eigenvalue weighted by atomic mass is 16.5. The lowest BCUT2D eigenvalue weighted by atomic mass is 9.68. The summed E-state index contributed by atoms with van der Waals surface area (Å²) in [5, 5.41) is 4.60. The van der Waals surface area contributed by atoms with Crippen molar-refractivity contribution >= 4 is 22.7 Å². The monoisotopic (exact) mass is 454 g/mol. The predicted molar refractivity (Wildman–Crippen MR) is 134 cm³/mol. The van der Waals surface area contributed by atoms with E-state index in [0.29, 0.717) is 24.0 Å². The molecule has 174 valence electrons. The maximum atomic E-state index is 13.5. The molecule has 1 aliphatic carbocycles. The van der Waals surface area contributed by atoms with Crippen molar-refractivity contribution in [3.8, 4) is 11.1 Å². The third-order valence-corrected chi connectivity index (χ3v) is 6.99. The Morgan fingerprint density at radius 3 is 2.65 bits per heavy atom. The molecule has 1 unspecified atom stereocenters. The number of carbonyl (C=O) groups is 2. The van der Waals surface area contributed by atoms with E-state index in [9.17, 15) is 9.59 Å². The molecule has 0 spiro atoms. The molecule has 0 saturated carbocycles. The fourth-order valence-electron chi connectivity index (χ4n) is 5.44. The number of ketones is 1. The van der Waals surface area contributed by atoms with Crippen LogP contribution in [0.2, 0.25) is 0 Å². The van der Waals surface area contributed by atoms with E-state index in [1.54, 1.807) is 0 Å². The van der Waals surface area contributed by atoms with E-state index >= 15 is 0 Å². The molecular formula is C29H30N2O3. The number of nitrogens with one attached hydrogen (secondary N) is 2. The van der Waals surface area contributed by atoms with Gasteiger partial charge in [0, 0.05) is 41.0 Å². The number of dihydropyridines is 1. The van der Waals surface area contributed by atoms with Crippen LogP contribution in [0.4, 0.5) is 0 Å². The Kier molecular flexibility index (Phi) is 5.43. The molecule has 2 aromatic carbocycles. The lowest BCUT2D eigenvalue weighted by molar-refractivity contribution is -0.136. The lowest BCUT2D eigenvalue weighted by Crippen LogP contribution is -2.39. The van der Waals surface area contributed by atoms with Crippen LogP contribution in [0.1, 0.15) is 51.5 Å². The van der Waals surface area contributed by atoms with Crippen molar-refractivity contribution in [1.29, 1.82) is 0 Å². The quantitative estimate of drug-likeness (QED) is 0.474. The number of hydrogen-bond donors (Lipinski definition) is 2. The van der Waals surface area contributed by atoms with Gasteiger partial charge in [-0.3, -0.25) is 4.79 Å². The van der Waals surface area contributed by atoms with E-state index in [1.165, 1.54) is 7.11 Å². The minimum absolute atomic E-state index is 0.0967. The van der Waals surface area contributed by atoms with Gasteiger partial charge in [0.1, 0.15) is 0 Å². The number of aromatic amines is 1. The fourth-order valence-corrected chi connectivity index (χ4v) is 5.44. The van der Waals surface area contributed by atoms with E-state index in [-0.39, 0.29) is 11.2 Å². The lowest BCUT2D eigenvalue weighted by Gasteiger charge is -2.40. The smallest absolute Gasteiger partial charge is 0.336 e. The van der Waals surface area contributed by atoms with Crippen LogP contribution in [-0.4, -0.2) is 23.8 Å². The van der Waals surface area contributed by atoms with Crippen LogP contribution in [0.3, 0.4) is 0 Å². The van der Waals surface area contributed by atoms with Crippen LogP contribution in [0.5, 0.6) is 0 Å². The van der Waals surface area contributed by atoms with E-state index in [2.05, 4.69) is 60.5 Å². The van der Waals surface area contributed by atoms with Gasteiger partial charge < -0.3 is 15.0 Å². The first kappa shape index (κ1) is 22.2. The van der Waals surface area contributed by atoms with Crippen LogP contribution >= 0.6 is 0 Å². The number of ether oxygens (including phenoxy) is 1. The maximum Gasteiger partial charge on any atom is 0.336 e. The number of allylic oxidation sites excluding steroid dienone is 3. The van der Waals surface area contributed by atoms with Gasteiger partial charge in [0.2, 0.25) is 0 Å². The van der Waals surface area contributed by atoms with Crippen LogP contribution in [0.15, 0.2) is 77.3 Å². The largest absolute Gasteiger partial charge is 0.466 e. The molecule has 2 heterocycles. The van der Waals surface area contributed by atoms with Gasteiger partial charge in [-0.1, -0.05) is 51.1 Å². The molecule has 0 fully saturated rings. The predicted octanol–water partition coefficient (Wildman–Crippen LogP) is 6.00. The van der Waals surface area contributed by atoms with Crippen molar-refractivity contribution in [2.75, 3.05) is 7.11 Å². The van der Waals surface area contributed by atoms with E-state index < -0.39 is 11.9 Å². The molecule has 1 aliphatic heterocycles. The molecule has 34 heavy (non-hydrogen) atoms. The number of fused-ring (bicyclic) bond motifs is 1. The summed E-state index contributed by atoms with van der Waals surface area (Å²) in [6.45, 7) is 6.26. The Labute approximate surface area is 199 Å². The Balaban J connectivity index is 1.68. The number of Topliss-reactive ketones (excluding diaryl/α,β-unsaturated/α-hetero) is 1. The first-order chi connectivity index (χ1) is 16.3. The Bertz CT molecular complexity index is 1370. The Morgan fingerprint density at radius 1 is 1.09 bits per heavy atom. The Hall–Kier alpha value is -3.60. The number of rotatable bonds is 4. The standard InChI is InChI=1S/C29H30N2O3/c1-5-21-27(28(33)34-4)25(26-23(31-21)15-29(2,3)16-24(26)32)20-8-6-7-17(14-20)18-9-10-22-19(13-18)11-12-30-22/h6-14,25,30-31H,5,15-16H2,1-4H3. The molecule has 0 amide bonds. The summed E-state index contributed by atoms with van der Waals surface area (Å²) in [5.41, 5.74) is 7.05. The van der Waals surface area contributed by atoms with Crippen molar-refractivity contribution in [3.63, 3.8) is 0 Å². The number of esters is 1. The normalized spacial score (nSPS) is 19.8. The number of aromatic nitrogens is 1. The van der Waals surface area contributed by atoms with E-state index in [1.807, 2.05) is 25.3 Å². The van der Waals surface area contributed by atoms with Crippen molar-refractivity contribution in [2.45, 2.75) is 46.0 Å². The summed E-state index contributed by atoms with van der Waals surface area (Å²) in [6.07, 6.45) is 3.82. The highest BCUT2D eigenvalue weighted by molar-refractivity contribution is 6.04. The molecule has 5 nitrogen and oxygen atoms in total. The molecule has 5 rings (SSSR count). The number of methoxy groups -OCH3 is 1. The molecule has 5 heteroatoms. The van der Waals surface area contributed by atoms with Gasteiger partial charge in [-0.25, -0.2) is 4.79 Å². The first-order valence-electron chi connectivity index (χ1n) is 11.8. The summed E-state index contributed by atoms with van der Waals surface area (Å²) in [4.78, 5) is 29.7. The van der Waals surface area contributed by atoms with Gasteiger partial charge in [-0.05, 0) is 58.5 Å². The molecule has 3 aromatic rings. The van der Waals surface area contributed by atoms with Gasteiger partial charge in [-0.15, -0.1) is 0 Å². The summed E-state index contributed by atoms with van der Waals surface area (Å²) >= 11 is 0. The second-order valence-corrected chi connectivity index (χ2v) is 10.0. The summed E-state index contributed by atoms with van der Waals surface area (Å²) in [5.74, 6) is -0.740. The molecule has 0 bridgehead atoms. The minimum atomic E-state index is -0.446. The van der Waals surface area contributed by atoms with Gasteiger partial charge in [-0.2, -0.15) is 0 Å². The van der Waals surface area contributed by atoms with Crippen LogP contribution < -0.4 is 5.32 Å². The van der Waals surface area contributed by atoms with Crippen molar-refractivity contribution in [1.82, 2.24) is 10.3 Å². The van der Waals surface area contributed by atoms with Crippen molar-refractivity contribution in [2.24, 2.45) is 5.41 Å². The molecule has 2 aliphatic rings. The number of carbonyl (C=O) groups excluding carboxylic acids is 2. The average molecular weight is 455 g/mol. The van der Waals surface area contributed by atoms with E-state index in [0.717, 1.165) is 45.4 Å². The number of H-pyrrole nitrogens is 1. The summed E-state index contributed by atoms with van der Waals surface area (Å²) in [7, 11) is 1.40. The zero-order valence-electron chi connectivity index (χ0n) is 20.1. The second-order valence-electron chi connectivity index (χ2n) is 10.0. The minimum Gasteiger partial charge on any atom is -0.466 e. The van der Waals surface area contributed by atoms with Crippen molar-refractivity contribution < 1.29 is 14.3 Å². The summed E-state index contributed by atoms with van der Waals surface area (Å²) < 4.78 is 5.21. The van der Waals surface area contributed by atoms with Crippen molar-refractivity contribution in [3.05, 3.63) is 82.8 Å². The Morgan fingerprint density at radius 2 is 1.88 bits per heavy atom. The first-order valence-corrected chi connectivity index (χ1v) is 11.8. The highest BCUT2D eigenvalue weighted by Crippen LogP contribution is 2.47. The molecular weight excluding hydrogens is 424 g/mol. The number of benzene rings is 2. The zero-order chi connectivity index (χ0) is 24.0. The van der Waals surface area contributed by atoms with Gasteiger partial charge in [0.15, 0.2) is 5.78 Å². The van der Waals surface area contributed by atoms with Crippen LogP contribution in [0, 0.1) is 5.41 Å². The van der Waals surface area contributed by atoms with Crippen LogP contribution in [-0.2, 0) is 14.3 Å². The topological polar surface area (TPSA) is 71.2 Å². The SMILES string of the molecule is CCC1=C(C(=O)OC)C(c2cccc(-c3ccc4[nH]ccc4c3)c2)C2=C(CC(C)(C)CC2=O)N1. The van der Waals surface area contributed by atoms with Gasteiger partial charge >= 0.3 is 5.97 Å². The molecule has 1 aromatic heterocycles. The summed E-state index contributed by atoms with van der Waals surface area (Å²) in [6, 6.07) is 16.6. The average Bonchev–Trinajstić information content (AvgIpc) is 3.29. The zero-order valence-corrected chi connectivity index (χ0v) is 20.1. The maximum absolute atomic E-state index is 13.5. The highest BCUT2D eigenvalue weighted by Gasteiger charge is 2.43. The molecule has 0 saturated heterocycles. The van der Waals surface area contributed by atoms with Gasteiger partial charge in [0.05, 0.1) is 12.7 Å². The molecule has 2 N–H and O–H groups in total. The molecule has 0 radical (unpaired) electrons. The third-order valence-electron chi connectivity index (χ3n) is 6.99. The molecule has 1 atom stereocenters. The second kappa shape index (κ2) is 8.32.